The summed E-state index contributed by atoms with van der Waals surface area (Å²) >= 11 is 0. The maximum atomic E-state index is 12.1. The average Bonchev–Trinajstić information content (AvgIpc) is 2.72. The summed E-state index contributed by atoms with van der Waals surface area (Å²) < 4.78 is 5.26. The normalized spacial score (nSPS) is 10.4. The van der Waals surface area contributed by atoms with Gasteiger partial charge < -0.3 is 10.1 Å². The lowest BCUT2D eigenvalue weighted by atomic mass is 10.1. The van der Waals surface area contributed by atoms with Gasteiger partial charge in [0.05, 0.1) is 30.6 Å². The third kappa shape index (κ3) is 2.99. The van der Waals surface area contributed by atoms with Gasteiger partial charge in [-0.05, 0) is 38.0 Å². The van der Waals surface area contributed by atoms with E-state index in [1.807, 2.05) is 39.0 Å². The molecule has 106 valence electrons. The van der Waals surface area contributed by atoms with Crippen LogP contribution in [0.2, 0.25) is 0 Å². The van der Waals surface area contributed by atoms with Crippen LogP contribution < -0.4 is 10.1 Å². The minimum atomic E-state index is -0.0662. The molecular weight excluding hydrogens is 254 g/mol. The Kier molecular flexibility index (Phi) is 4.08. The maximum absolute atomic E-state index is 12.1. The quantitative estimate of drug-likeness (QED) is 0.899. The Bertz CT molecular complexity index is 613. The molecule has 1 aromatic carbocycles. The number of aryl methyl sites for hydroxylation is 3. The highest BCUT2D eigenvalue weighted by Gasteiger charge is 2.11. The molecule has 2 aromatic rings. The Labute approximate surface area is 118 Å². The van der Waals surface area contributed by atoms with Crippen LogP contribution in [-0.2, 0) is 11.2 Å². The maximum Gasteiger partial charge on any atom is 0.228 e. The van der Waals surface area contributed by atoms with Crippen molar-refractivity contribution in [1.29, 1.82) is 0 Å². The second kappa shape index (κ2) is 5.77. The SMILES string of the molecule is COc1cc(CC(=O)Nc2c(C)n[nH]c2C)ccc1C. The number of nitrogens with one attached hydrogen (secondary N) is 2. The monoisotopic (exact) mass is 273 g/mol. The molecule has 2 rings (SSSR count). The van der Waals surface area contributed by atoms with Gasteiger partial charge in [-0.3, -0.25) is 9.89 Å². The van der Waals surface area contributed by atoms with Crippen molar-refractivity contribution in [2.24, 2.45) is 0 Å². The average molecular weight is 273 g/mol. The first-order valence-electron chi connectivity index (χ1n) is 6.46. The molecule has 0 aliphatic heterocycles. The predicted octanol–water partition coefficient (Wildman–Crippen LogP) is 2.52. The van der Waals surface area contributed by atoms with E-state index in [4.69, 9.17) is 4.74 Å². The first-order chi connectivity index (χ1) is 9.51. The molecule has 5 nitrogen and oxygen atoms in total. The summed E-state index contributed by atoms with van der Waals surface area (Å²) in [7, 11) is 1.63. The summed E-state index contributed by atoms with van der Waals surface area (Å²) in [5.74, 6) is 0.731. The molecule has 0 bridgehead atoms. The number of methoxy groups -OCH3 is 1. The first kappa shape index (κ1) is 14.1. The van der Waals surface area contributed by atoms with Crippen molar-refractivity contribution in [3.8, 4) is 5.75 Å². The van der Waals surface area contributed by atoms with Crippen LogP contribution in [0.5, 0.6) is 5.75 Å². The highest BCUT2D eigenvalue weighted by molar-refractivity contribution is 5.93. The predicted molar refractivity (Wildman–Crippen MR) is 78.1 cm³/mol. The van der Waals surface area contributed by atoms with Crippen LogP contribution in [0.4, 0.5) is 5.69 Å². The van der Waals surface area contributed by atoms with Gasteiger partial charge in [-0.2, -0.15) is 5.10 Å². The number of rotatable bonds is 4. The minimum Gasteiger partial charge on any atom is -0.496 e. The van der Waals surface area contributed by atoms with E-state index in [-0.39, 0.29) is 5.91 Å². The second-order valence-electron chi connectivity index (χ2n) is 4.84. The van der Waals surface area contributed by atoms with Crippen LogP contribution in [0.25, 0.3) is 0 Å². The number of anilines is 1. The highest BCUT2D eigenvalue weighted by atomic mass is 16.5. The smallest absolute Gasteiger partial charge is 0.228 e. The number of ether oxygens (including phenoxy) is 1. The number of H-pyrrole nitrogens is 1. The molecule has 20 heavy (non-hydrogen) atoms. The molecule has 5 heteroatoms. The Morgan fingerprint density at radius 1 is 1.35 bits per heavy atom. The molecule has 1 amide bonds. The lowest BCUT2D eigenvalue weighted by Crippen LogP contribution is -2.15. The fourth-order valence-electron chi connectivity index (χ4n) is 2.08. The lowest BCUT2D eigenvalue weighted by Gasteiger charge is -2.08. The third-order valence-corrected chi connectivity index (χ3v) is 3.23. The summed E-state index contributed by atoms with van der Waals surface area (Å²) in [6.07, 6.45) is 0.306. The van der Waals surface area contributed by atoms with Crippen molar-refractivity contribution in [3.05, 3.63) is 40.7 Å². The van der Waals surface area contributed by atoms with Crippen molar-refractivity contribution in [2.45, 2.75) is 27.2 Å². The lowest BCUT2D eigenvalue weighted by molar-refractivity contribution is -0.115. The van der Waals surface area contributed by atoms with Crippen molar-refractivity contribution in [2.75, 3.05) is 12.4 Å². The van der Waals surface area contributed by atoms with Gasteiger partial charge in [-0.25, -0.2) is 0 Å². The second-order valence-corrected chi connectivity index (χ2v) is 4.84. The van der Waals surface area contributed by atoms with Crippen molar-refractivity contribution >= 4 is 11.6 Å². The summed E-state index contributed by atoms with van der Waals surface area (Å²) in [4.78, 5) is 12.1. The first-order valence-corrected chi connectivity index (χ1v) is 6.46. The minimum absolute atomic E-state index is 0.0662. The van der Waals surface area contributed by atoms with Crippen LogP contribution in [0.15, 0.2) is 18.2 Å². The topological polar surface area (TPSA) is 67.0 Å². The van der Waals surface area contributed by atoms with E-state index in [1.54, 1.807) is 7.11 Å². The molecule has 1 aromatic heterocycles. The molecule has 0 saturated carbocycles. The number of aromatic nitrogens is 2. The Morgan fingerprint density at radius 2 is 2.10 bits per heavy atom. The number of nitrogens with zero attached hydrogens (tertiary/aromatic N) is 1. The van der Waals surface area contributed by atoms with E-state index in [2.05, 4.69) is 15.5 Å². The zero-order valence-corrected chi connectivity index (χ0v) is 12.2. The Hall–Kier alpha value is -2.30. The molecular formula is C15H19N3O2. The summed E-state index contributed by atoms with van der Waals surface area (Å²) in [5, 5.41) is 9.79. The number of amides is 1. The zero-order chi connectivity index (χ0) is 14.7. The standard InChI is InChI=1S/C15H19N3O2/c1-9-5-6-12(7-13(9)20-4)8-14(19)16-15-10(2)17-18-11(15)3/h5-7H,8H2,1-4H3,(H,16,19)(H,17,18). The van der Waals surface area contributed by atoms with Gasteiger partial charge in [0, 0.05) is 0 Å². The summed E-state index contributed by atoms with van der Waals surface area (Å²) in [6, 6.07) is 5.78. The van der Waals surface area contributed by atoms with Gasteiger partial charge in [0.15, 0.2) is 0 Å². The van der Waals surface area contributed by atoms with Crippen LogP contribution in [0.3, 0.4) is 0 Å². The molecule has 2 N–H and O–H groups in total. The molecule has 0 unspecified atom stereocenters. The molecule has 0 radical (unpaired) electrons. The Balaban J connectivity index is 2.09. The van der Waals surface area contributed by atoms with Crippen LogP contribution in [0, 0.1) is 20.8 Å². The number of carbonyl (C=O) groups is 1. The molecule has 0 atom stereocenters. The molecule has 1 heterocycles. The van der Waals surface area contributed by atoms with Gasteiger partial charge in [-0.1, -0.05) is 12.1 Å². The zero-order valence-electron chi connectivity index (χ0n) is 12.2. The van der Waals surface area contributed by atoms with E-state index in [9.17, 15) is 4.79 Å². The van der Waals surface area contributed by atoms with Gasteiger partial charge >= 0.3 is 0 Å². The largest absolute Gasteiger partial charge is 0.496 e. The number of hydrogen-bond donors (Lipinski definition) is 2. The fraction of sp³-hybridized carbons (Fsp3) is 0.333. The van der Waals surface area contributed by atoms with E-state index in [1.165, 1.54) is 0 Å². The van der Waals surface area contributed by atoms with E-state index >= 15 is 0 Å². The number of benzene rings is 1. The van der Waals surface area contributed by atoms with Gasteiger partial charge in [0.25, 0.3) is 0 Å². The van der Waals surface area contributed by atoms with Crippen LogP contribution in [-0.4, -0.2) is 23.2 Å². The van der Waals surface area contributed by atoms with Crippen LogP contribution >= 0.6 is 0 Å². The Morgan fingerprint density at radius 3 is 2.70 bits per heavy atom. The van der Waals surface area contributed by atoms with E-state index in [0.29, 0.717) is 6.42 Å². The molecule has 0 spiro atoms. The van der Waals surface area contributed by atoms with Crippen molar-refractivity contribution in [3.63, 3.8) is 0 Å². The third-order valence-electron chi connectivity index (χ3n) is 3.23. The fourth-order valence-corrected chi connectivity index (χ4v) is 2.08. The number of hydrogen-bond acceptors (Lipinski definition) is 3. The van der Waals surface area contributed by atoms with Gasteiger partial charge in [-0.15, -0.1) is 0 Å². The summed E-state index contributed by atoms with van der Waals surface area (Å²) in [5.41, 5.74) is 4.38. The van der Waals surface area contributed by atoms with E-state index in [0.717, 1.165) is 34.0 Å². The number of aromatic amines is 1. The molecule has 0 fully saturated rings. The van der Waals surface area contributed by atoms with Crippen LogP contribution in [0.1, 0.15) is 22.5 Å². The van der Waals surface area contributed by atoms with E-state index < -0.39 is 0 Å². The molecule has 0 aliphatic rings. The van der Waals surface area contributed by atoms with Crippen molar-refractivity contribution in [1.82, 2.24) is 10.2 Å². The molecule has 0 saturated heterocycles. The van der Waals surface area contributed by atoms with Gasteiger partial charge in [0.1, 0.15) is 5.75 Å². The highest BCUT2D eigenvalue weighted by Crippen LogP contribution is 2.20. The van der Waals surface area contributed by atoms with Gasteiger partial charge in [0.2, 0.25) is 5.91 Å². The number of carbonyl (C=O) groups excluding carboxylic acids is 1. The summed E-state index contributed by atoms with van der Waals surface area (Å²) in [6.45, 7) is 5.71. The molecule has 0 aliphatic carbocycles. The van der Waals surface area contributed by atoms with Crippen molar-refractivity contribution < 1.29 is 9.53 Å².